The Hall–Kier alpha value is -3.66. The van der Waals surface area contributed by atoms with Crippen LogP contribution in [0.15, 0.2) is 36.9 Å². The van der Waals surface area contributed by atoms with E-state index in [1.54, 1.807) is 18.2 Å². The fraction of sp³-hybridized carbons (Fsp3) is 0.333. The van der Waals surface area contributed by atoms with Gasteiger partial charge in [0.1, 0.15) is 17.0 Å². The van der Waals surface area contributed by atoms with Crippen LogP contribution in [-0.4, -0.2) is 47.8 Å². The number of aromatic nitrogens is 2. The number of benzene rings is 1. The van der Waals surface area contributed by atoms with Gasteiger partial charge in [-0.2, -0.15) is 0 Å². The van der Waals surface area contributed by atoms with Crippen molar-refractivity contribution in [3.63, 3.8) is 0 Å². The fourth-order valence-electron chi connectivity index (χ4n) is 3.70. The highest BCUT2D eigenvalue weighted by Crippen LogP contribution is 2.56. The van der Waals surface area contributed by atoms with E-state index in [4.69, 9.17) is 30.1 Å². The molecule has 3 heterocycles. The Balaban J connectivity index is 1.68. The lowest BCUT2D eigenvalue weighted by atomic mass is 9.63. The molecule has 0 radical (unpaired) electrons. The molecular weight excluding hydrogens is 402 g/mol. The van der Waals surface area contributed by atoms with E-state index in [1.165, 1.54) is 25.8 Å². The minimum atomic E-state index is -0.576. The molecule has 162 valence electrons. The second kappa shape index (κ2) is 7.55. The molecule has 10 heteroatoms. The average molecular weight is 425 g/mol. The largest absolute Gasteiger partial charge is 0.486 e. The third-order valence-electron chi connectivity index (χ3n) is 5.63. The van der Waals surface area contributed by atoms with Crippen molar-refractivity contribution in [1.29, 1.82) is 5.41 Å². The highest BCUT2D eigenvalue weighted by Gasteiger charge is 2.59. The van der Waals surface area contributed by atoms with E-state index < -0.39 is 22.9 Å². The summed E-state index contributed by atoms with van der Waals surface area (Å²) in [6, 6.07) is 4.88. The second-order valence-electron chi connectivity index (χ2n) is 7.81. The first-order chi connectivity index (χ1) is 14.8. The monoisotopic (exact) mass is 425 g/mol. The summed E-state index contributed by atoms with van der Waals surface area (Å²) in [6.45, 7) is 4.84. The maximum atomic E-state index is 12.6. The number of amidine groups is 1. The molecule has 1 saturated heterocycles. The SMILES string of the molecule is COc1cnc(C(=O)Nc2ccc3c(c2)C(=COC(=N)N)C2(COC2)C(C)(C)O3)cn1. The van der Waals surface area contributed by atoms with Crippen LogP contribution >= 0.6 is 0 Å². The van der Waals surface area contributed by atoms with Gasteiger partial charge in [-0.15, -0.1) is 0 Å². The number of nitrogens with one attached hydrogen (secondary N) is 2. The zero-order valence-corrected chi connectivity index (χ0v) is 17.4. The van der Waals surface area contributed by atoms with Crippen LogP contribution in [0.5, 0.6) is 11.6 Å². The van der Waals surface area contributed by atoms with Crippen molar-refractivity contribution in [2.24, 2.45) is 11.1 Å². The van der Waals surface area contributed by atoms with Crippen LogP contribution < -0.4 is 20.5 Å². The minimum Gasteiger partial charge on any atom is -0.486 e. The van der Waals surface area contributed by atoms with Crippen molar-refractivity contribution in [3.8, 4) is 11.6 Å². The first-order valence-electron chi connectivity index (χ1n) is 9.56. The first kappa shape index (κ1) is 20.6. The molecule has 31 heavy (non-hydrogen) atoms. The molecule has 1 amide bonds. The maximum absolute atomic E-state index is 12.6. The van der Waals surface area contributed by atoms with Crippen molar-refractivity contribution in [3.05, 3.63) is 48.1 Å². The first-order valence-corrected chi connectivity index (χ1v) is 9.56. The van der Waals surface area contributed by atoms with Gasteiger partial charge in [-0.05, 0) is 32.0 Å². The Kier molecular flexibility index (Phi) is 5.02. The van der Waals surface area contributed by atoms with Crippen LogP contribution in [0.2, 0.25) is 0 Å². The lowest BCUT2D eigenvalue weighted by molar-refractivity contribution is -0.168. The zero-order chi connectivity index (χ0) is 22.2. The summed E-state index contributed by atoms with van der Waals surface area (Å²) in [7, 11) is 1.47. The summed E-state index contributed by atoms with van der Waals surface area (Å²) in [5, 5.41) is 10.2. The van der Waals surface area contributed by atoms with Crippen LogP contribution in [0.1, 0.15) is 29.9 Å². The molecule has 0 saturated carbocycles. The molecule has 2 aliphatic heterocycles. The number of rotatable bonds is 4. The van der Waals surface area contributed by atoms with E-state index in [-0.39, 0.29) is 5.69 Å². The van der Waals surface area contributed by atoms with Gasteiger partial charge in [-0.1, -0.05) is 0 Å². The molecule has 4 N–H and O–H groups in total. The van der Waals surface area contributed by atoms with Gasteiger partial charge in [0.25, 0.3) is 11.9 Å². The number of anilines is 1. The summed E-state index contributed by atoms with van der Waals surface area (Å²) in [5.41, 5.74) is 6.55. The summed E-state index contributed by atoms with van der Waals surface area (Å²) >= 11 is 0. The molecule has 4 rings (SSSR count). The number of nitrogens with two attached hydrogens (primary N) is 1. The molecule has 2 aromatic rings. The van der Waals surface area contributed by atoms with E-state index >= 15 is 0 Å². The van der Waals surface area contributed by atoms with Gasteiger partial charge in [0, 0.05) is 16.8 Å². The van der Waals surface area contributed by atoms with Gasteiger partial charge >= 0.3 is 0 Å². The van der Waals surface area contributed by atoms with Gasteiger partial charge < -0.3 is 30.0 Å². The maximum Gasteiger partial charge on any atom is 0.283 e. The highest BCUT2D eigenvalue weighted by atomic mass is 16.5. The molecule has 0 bridgehead atoms. The number of ether oxygens (including phenoxy) is 4. The van der Waals surface area contributed by atoms with Gasteiger partial charge in [0.15, 0.2) is 0 Å². The van der Waals surface area contributed by atoms with Gasteiger partial charge in [0.2, 0.25) is 5.88 Å². The van der Waals surface area contributed by atoms with Crippen molar-refractivity contribution in [2.75, 3.05) is 25.6 Å². The minimum absolute atomic E-state index is 0.149. The quantitative estimate of drug-likeness (QED) is 0.384. The Morgan fingerprint density at radius 2 is 2.06 bits per heavy atom. The van der Waals surface area contributed by atoms with Crippen molar-refractivity contribution in [1.82, 2.24) is 9.97 Å². The van der Waals surface area contributed by atoms with Crippen LogP contribution in [0, 0.1) is 10.8 Å². The third-order valence-corrected chi connectivity index (χ3v) is 5.63. The predicted molar refractivity (Wildman–Crippen MR) is 112 cm³/mol. The number of hydrogen-bond acceptors (Lipinski definition) is 8. The molecule has 0 unspecified atom stereocenters. The summed E-state index contributed by atoms with van der Waals surface area (Å²) in [5.74, 6) is 0.529. The number of carbonyl (C=O) groups excluding carboxylic acids is 1. The van der Waals surface area contributed by atoms with Crippen LogP contribution in [-0.2, 0) is 9.47 Å². The molecule has 2 aliphatic rings. The van der Waals surface area contributed by atoms with Gasteiger partial charge in [0.05, 0.1) is 44.4 Å². The fourth-order valence-corrected chi connectivity index (χ4v) is 3.70. The molecule has 10 nitrogen and oxygen atoms in total. The average Bonchev–Trinajstić information content (AvgIpc) is 2.70. The van der Waals surface area contributed by atoms with E-state index in [9.17, 15) is 4.79 Å². The van der Waals surface area contributed by atoms with E-state index in [0.29, 0.717) is 30.5 Å². The van der Waals surface area contributed by atoms with Crippen molar-refractivity contribution >= 4 is 23.2 Å². The lowest BCUT2D eigenvalue weighted by Gasteiger charge is -2.55. The Bertz CT molecular complexity index is 1060. The molecule has 1 fully saturated rings. The van der Waals surface area contributed by atoms with Crippen LogP contribution in [0.4, 0.5) is 5.69 Å². The number of hydrogen-bond donors (Lipinski definition) is 3. The molecule has 0 aliphatic carbocycles. The smallest absolute Gasteiger partial charge is 0.283 e. The van der Waals surface area contributed by atoms with Crippen molar-refractivity contribution in [2.45, 2.75) is 19.4 Å². The number of nitrogens with zero attached hydrogens (tertiary/aromatic N) is 2. The summed E-state index contributed by atoms with van der Waals surface area (Å²) in [6.07, 6.45) is 4.18. The van der Waals surface area contributed by atoms with E-state index in [2.05, 4.69) is 15.3 Å². The highest BCUT2D eigenvalue weighted by molar-refractivity contribution is 6.03. The second-order valence-corrected chi connectivity index (χ2v) is 7.81. The molecule has 1 aromatic carbocycles. The number of carbonyl (C=O) groups is 1. The molecule has 1 spiro atoms. The number of amides is 1. The van der Waals surface area contributed by atoms with Crippen LogP contribution in [0.3, 0.4) is 0 Å². The summed E-state index contributed by atoms with van der Waals surface area (Å²) < 4.78 is 22.0. The number of fused-ring (bicyclic) bond motifs is 1. The Morgan fingerprint density at radius 1 is 1.29 bits per heavy atom. The zero-order valence-electron chi connectivity index (χ0n) is 17.4. The number of methoxy groups -OCH3 is 1. The molecule has 1 aromatic heterocycles. The summed E-state index contributed by atoms with van der Waals surface area (Å²) in [4.78, 5) is 20.6. The molecule has 0 atom stereocenters. The normalized spacial score (nSPS) is 19.0. The Labute approximate surface area is 178 Å². The topological polar surface area (TPSA) is 142 Å². The van der Waals surface area contributed by atoms with Gasteiger partial charge in [-0.3, -0.25) is 10.2 Å². The van der Waals surface area contributed by atoms with Crippen molar-refractivity contribution < 1.29 is 23.7 Å². The van der Waals surface area contributed by atoms with Gasteiger partial charge in [-0.25, -0.2) is 9.97 Å². The third kappa shape index (κ3) is 3.55. The van der Waals surface area contributed by atoms with E-state index in [0.717, 1.165) is 11.1 Å². The van der Waals surface area contributed by atoms with E-state index in [1.807, 2.05) is 13.8 Å². The lowest BCUT2D eigenvalue weighted by Crippen LogP contribution is -2.62. The predicted octanol–water partition coefficient (Wildman–Crippen LogP) is 2.18. The standard InChI is InChI=1S/C21H23N5O5/c1-20(2)21(10-29-11-21)14(9-30-19(22)23)13-6-12(4-5-16(13)31-20)26-18(27)15-7-25-17(28-3)8-24-15/h4-9H,10-11H2,1-3H3,(H3,22,23)(H,26,27). The van der Waals surface area contributed by atoms with Crippen LogP contribution in [0.25, 0.3) is 5.57 Å². The Morgan fingerprint density at radius 3 is 2.65 bits per heavy atom. The molecular formula is C21H23N5O5.